The van der Waals surface area contributed by atoms with Crippen LogP contribution >= 0.6 is 11.6 Å². The Hall–Kier alpha value is -2.99. The molecule has 0 fully saturated rings. The zero-order chi connectivity index (χ0) is 20.4. The molecule has 0 saturated heterocycles. The zero-order valence-corrected chi connectivity index (χ0v) is 16.7. The van der Waals surface area contributed by atoms with Gasteiger partial charge in [-0.15, -0.1) is 0 Å². The summed E-state index contributed by atoms with van der Waals surface area (Å²) in [5.41, 5.74) is 1.62. The summed E-state index contributed by atoms with van der Waals surface area (Å²) in [5.74, 6) is 1.13. The van der Waals surface area contributed by atoms with Gasteiger partial charge in [0, 0.05) is 23.6 Å². The van der Waals surface area contributed by atoms with Crippen LogP contribution in [0.1, 0.15) is 43.4 Å². The number of phenolic OH excluding ortho intramolecular Hbond substituents is 1. The normalized spacial score (nSPS) is 13.4. The summed E-state index contributed by atoms with van der Waals surface area (Å²) in [5, 5.41) is 15.1. The van der Waals surface area contributed by atoms with Gasteiger partial charge in [-0.05, 0) is 42.3 Å². The fourth-order valence-electron chi connectivity index (χ4n) is 3.43. The molecule has 2 heterocycles. The van der Waals surface area contributed by atoms with E-state index in [9.17, 15) is 9.90 Å². The molecule has 1 aliphatic heterocycles. The molecular weight excluding hydrogens is 392 g/mol. The summed E-state index contributed by atoms with van der Waals surface area (Å²) in [4.78, 5) is 16.8. The molecule has 1 amide bonds. The largest absolute Gasteiger partial charge is 0.505 e. The third kappa shape index (κ3) is 3.80. The summed E-state index contributed by atoms with van der Waals surface area (Å²) in [7, 11) is 0. The van der Waals surface area contributed by atoms with Crippen LogP contribution in [-0.2, 0) is 4.79 Å². The predicted molar refractivity (Wildman–Crippen MR) is 110 cm³/mol. The highest BCUT2D eigenvalue weighted by Crippen LogP contribution is 2.41. The lowest BCUT2D eigenvalue weighted by molar-refractivity contribution is -0.121. The molecule has 7 heteroatoms. The number of aromatic nitrogens is 1. The van der Waals surface area contributed by atoms with Crippen molar-refractivity contribution in [1.29, 1.82) is 0 Å². The highest BCUT2D eigenvalue weighted by molar-refractivity contribution is 6.35. The standard InChI is InChI=1S/C22H21ClN2O4/c1-2-3-6-19(26)25-20(13-7-8-17-18(10-13)29-12-28-17)15-11-16(23)14-5-4-9-24-21(14)22(15)27/h4-5,7-11,20,27H,2-3,6,12H2,1H3,(H,25,26)/t20-/m1/s1. The summed E-state index contributed by atoms with van der Waals surface area (Å²) >= 11 is 6.47. The van der Waals surface area contributed by atoms with E-state index < -0.39 is 6.04 Å². The number of phenols is 1. The molecule has 1 atom stereocenters. The van der Waals surface area contributed by atoms with E-state index in [-0.39, 0.29) is 18.4 Å². The Labute approximate surface area is 173 Å². The summed E-state index contributed by atoms with van der Waals surface area (Å²) in [6.07, 6.45) is 3.69. The lowest BCUT2D eigenvalue weighted by Crippen LogP contribution is -2.29. The number of nitrogens with zero attached hydrogens (tertiary/aromatic N) is 1. The van der Waals surface area contributed by atoms with Gasteiger partial charge in [-0.2, -0.15) is 0 Å². The first-order chi connectivity index (χ1) is 14.1. The number of unbranched alkanes of at least 4 members (excludes halogenated alkanes) is 1. The van der Waals surface area contributed by atoms with Crippen LogP contribution in [-0.4, -0.2) is 22.8 Å². The minimum Gasteiger partial charge on any atom is -0.505 e. The molecule has 2 aromatic carbocycles. The molecule has 1 aromatic heterocycles. The second-order valence-electron chi connectivity index (χ2n) is 6.91. The first-order valence-electron chi connectivity index (χ1n) is 9.53. The van der Waals surface area contributed by atoms with Crippen molar-refractivity contribution in [1.82, 2.24) is 10.3 Å². The van der Waals surface area contributed by atoms with Gasteiger partial charge in [0.25, 0.3) is 0 Å². The number of hydrogen-bond donors (Lipinski definition) is 2. The molecule has 0 aliphatic carbocycles. The lowest BCUT2D eigenvalue weighted by atomic mass is 9.95. The first-order valence-corrected chi connectivity index (χ1v) is 9.91. The fraction of sp³-hybridized carbons (Fsp3) is 0.273. The minimum absolute atomic E-state index is 0.0107. The average Bonchev–Trinajstić information content (AvgIpc) is 3.21. The highest BCUT2D eigenvalue weighted by Gasteiger charge is 2.25. The lowest BCUT2D eigenvalue weighted by Gasteiger charge is -2.22. The van der Waals surface area contributed by atoms with E-state index >= 15 is 0 Å². The van der Waals surface area contributed by atoms with E-state index in [1.165, 1.54) is 0 Å². The van der Waals surface area contributed by atoms with Gasteiger partial charge in [-0.3, -0.25) is 9.78 Å². The summed E-state index contributed by atoms with van der Waals surface area (Å²) < 4.78 is 10.9. The minimum atomic E-state index is -0.613. The summed E-state index contributed by atoms with van der Waals surface area (Å²) in [6.45, 7) is 2.19. The van der Waals surface area contributed by atoms with Crippen LogP contribution in [0.3, 0.4) is 0 Å². The Morgan fingerprint density at radius 3 is 2.93 bits per heavy atom. The molecule has 4 rings (SSSR count). The van der Waals surface area contributed by atoms with E-state index in [1.54, 1.807) is 30.5 Å². The van der Waals surface area contributed by atoms with Crippen LogP contribution in [0.15, 0.2) is 42.6 Å². The number of halogens is 1. The van der Waals surface area contributed by atoms with Gasteiger partial charge in [-0.1, -0.05) is 31.0 Å². The van der Waals surface area contributed by atoms with E-state index in [4.69, 9.17) is 21.1 Å². The number of rotatable bonds is 6. The van der Waals surface area contributed by atoms with Gasteiger partial charge < -0.3 is 19.9 Å². The molecule has 0 radical (unpaired) electrons. The maximum Gasteiger partial charge on any atom is 0.231 e. The van der Waals surface area contributed by atoms with Crippen molar-refractivity contribution in [3.8, 4) is 17.2 Å². The summed E-state index contributed by atoms with van der Waals surface area (Å²) in [6, 6.07) is 10.1. The number of carbonyl (C=O) groups excluding carboxylic acids is 1. The topological polar surface area (TPSA) is 80.7 Å². The predicted octanol–water partition coefficient (Wildman–Crippen LogP) is 4.72. The van der Waals surface area contributed by atoms with Gasteiger partial charge in [-0.25, -0.2) is 0 Å². The Morgan fingerprint density at radius 2 is 2.10 bits per heavy atom. The number of fused-ring (bicyclic) bond motifs is 2. The number of hydrogen-bond acceptors (Lipinski definition) is 5. The highest BCUT2D eigenvalue weighted by atomic mass is 35.5. The molecule has 0 spiro atoms. The molecule has 29 heavy (non-hydrogen) atoms. The molecule has 6 nitrogen and oxygen atoms in total. The van der Waals surface area contributed by atoms with Crippen molar-refractivity contribution in [3.05, 3.63) is 58.7 Å². The van der Waals surface area contributed by atoms with Crippen molar-refractivity contribution < 1.29 is 19.4 Å². The smallest absolute Gasteiger partial charge is 0.231 e. The third-order valence-corrected chi connectivity index (χ3v) is 5.26. The number of nitrogens with one attached hydrogen (secondary N) is 1. The van der Waals surface area contributed by atoms with Crippen molar-refractivity contribution in [2.75, 3.05) is 6.79 Å². The molecule has 2 N–H and O–H groups in total. The molecule has 1 aliphatic rings. The van der Waals surface area contributed by atoms with Crippen molar-refractivity contribution >= 4 is 28.4 Å². The quantitative estimate of drug-likeness (QED) is 0.612. The maximum absolute atomic E-state index is 12.6. The van der Waals surface area contributed by atoms with Gasteiger partial charge >= 0.3 is 0 Å². The van der Waals surface area contributed by atoms with Crippen molar-refractivity contribution in [2.45, 2.75) is 32.2 Å². The number of benzene rings is 2. The molecule has 150 valence electrons. The zero-order valence-electron chi connectivity index (χ0n) is 15.9. The number of ether oxygens (including phenoxy) is 2. The second-order valence-corrected chi connectivity index (χ2v) is 7.32. The van der Waals surface area contributed by atoms with Gasteiger partial charge in [0.05, 0.1) is 11.1 Å². The van der Waals surface area contributed by atoms with Crippen LogP contribution in [0, 0.1) is 0 Å². The third-order valence-electron chi connectivity index (χ3n) is 4.95. The van der Waals surface area contributed by atoms with Crippen LogP contribution in [0.25, 0.3) is 10.9 Å². The number of carbonyl (C=O) groups is 1. The van der Waals surface area contributed by atoms with Crippen molar-refractivity contribution in [3.63, 3.8) is 0 Å². The fourth-order valence-corrected chi connectivity index (χ4v) is 3.70. The van der Waals surface area contributed by atoms with Crippen LogP contribution in [0.2, 0.25) is 5.02 Å². The van der Waals surface area contributed by atoms with Crippen LogP contribution < -0.4 is 14.8 Å². The Morgan fingerprint density at radius 1 is 1.28 bits per heavy atom. The van der Waals surface area contributed by atoms with Gasteiger partial charge in [0.15, 0.2) is 11.5 Å². The number of aromatic hydroxyl groups is 1. The van der Waals surface area contributed by atoms with Crippen LogP contribution in [0.5, 0.6) is 17.2 Å². The second kappa shape index (κ2) is 8.17. The van der Waals surface area contributed by atoms with Gasteiger partial charge in [0.1, 0.15) is 11.3 Å². The number of pyridine rings is 1. The Balaban J connectivity index is 1.81. The van der Waals surface area contributed by atoms with E-state index in [2.05, 4.69) is 10.3 Å². The van der Waals surface area contributed by atoms with E-state index in [0.29, 0.717) is 39.4 Å². The average molecular weight is 413 g/mol. The number of amides is 1. The Bertz CT molecular complexity index is 1070. The maximum atomic E-state index is 12.6. The van der Waals surface area contributed by atoms with E-state index in [0.717, 1.165) is 18.4 Å². The van der Waals surface area contributed by atoms with Gasteiger partial charge in [0.2, 0.25) is 12.7 Å². The molecule has 0 unspecified atom stereocenters. The van der Waals surface area contributed by atoms with Crippen LogP contribution in [0.4, 0.5) is 0 Å². The first kappa shape index (κ1) is 19.3. The molecular formula is C22H21ClN2O4. The molecule has 0 saturated carbocycles. The molecule has 3 aromatic rings. The Kier molecular flexibility index (Phi) is 5.45. The molecule has 0 bridgehead atoms. The monoisotopic (exact) mass is 412 g/mol. The van der Waals surface area contributed by atoms with Crippen molar-refractivity contribution in [2.24, 2.45) is 0 Å². The van der Waals surface area contributed by atoms with E-state index in [1.807, 2.05) is 19.1 Å². The SMILES string of the molecule is CCCCC(=O)N[C@H](c1ccc2c(c1)OCO2)c1cc(Cl)c2cccnc2c1O.